The molecule has 6 heteroatoms. The van der Waals surface area contributed by atoms with E-state index in [-0.39, 0.29) is 18.2 Å². The van der Waals surface area contributed by atoms with Crippen molar-refractivity contribution < 1.29 is 14.3 Å². The maximum absolute atomic E-state index is 13.7. The van der Waals surface area contributed by atoms with Gasteiger partial charge in [-0.25, -0.2) is 0 Å². The molecule has 0 radical (unpaired) electrons. The number of carbonyl (C=O) groups is 2. The number of ether oxygens (including phenoxy) is 1. The Balaban J connectivity index is 1.93. The molecular formula is C28H31BrN2O3. The van der Waals surface area contributed by atoms with Crippen molar-refractivity contribution >= 4 is 27.7 Å². The molecule has 0 aliphatic rings. The average molecular weight is 523 g/mol. The molecule has 1 N–H and O–H groups in total. The Morgan fingerprint density at radius 3 is 2.29 bits per heavy atom. The largest absolute Gasteiger partial charge is 0.497 e. The Hall–Kier alpha value is -3.12. The second kappa shape index (κ2) is 12.9. The molecule has 0 unspecified atom stereocenters. The van der Waals surface area contributed by atoms with Crippen molar-refractivity contribution in [3.63, 3.8) is 0 Å². The van der Waals surface area contributed by atoms with Gasteiger partial charge >= 0.3 is 0 Å². The Morgan fingerprint density at radius 1 is 0.941 bits per heavy atom. The van der Waals surface area contributed by atoms with Gasteiger partial charge in [0.2, 0.25) is 11.8 Å². The fourth-order valence-electron chi connectivity index (χ4n) is 3.77. The van der Waals surface area contributed by atoms with Crippen LogP contribution in [0.5, 0.6) is 5.75 Å². The van der Waals surface area contributed by atoms with Gasteiger partial charge in [-0.05, 0) is 47.4 Å². The van der Waals surface area contributed by atoms with E-state index in [1.807, 2.05) is 85.8 Å². The molecule has 34 heavy (non-hydrogen) atoms. The van der Waals surface area contributed by atoms with E-state index < -0.39 is 6.04 Å². The molecule has 0 heterocycles. The van der Waals surface area contributed by atoms with Crippen LogP contribution in [-0.2, 0) is 29.0 Å². The molecule has 3 aromatic carbocycles. The molecule has 0 fully saturated rings. The first-order valence-electron chi connectivity index (χ1n) is 11.5. The fourth-order valence-corrected chi connectivity index (χ4v) is 4.22. The zero-order chi connectivity index (χ0) is 24.3. The average Bonchev–Trinajstić information content (AvgIpc) is 2.85. The van der Waals surface area contributed by atoms with Crippen LogP contribution in [0, 0.1) is 0 Å². The van der Waals surface area contributed by atoms with Gasteiger partial charge in [0.25, 0.3) is 0 Å². The van der Waals surface area contributed by atoms with Gasteiger partial charge in [0.15, 0.2) is 0 Å². The van der Waals surface area contributed by atoms with Crippen LogP contribution in [0.4, 0.5) is 0 Å². The van der Waals surface area contributed by atoms with Crippen molar-refractivity contribution in [2.24, 2.45) is 0 Å². The maximum Gasteiger partial charge on any atom is 0.243 e. The molecule has 3 aromatic rings. The first kappa shape index (κ1) is 25.5. The molecule has 0 saturated heterocycles. The van der Waals surface area contributed by atoms with Crippen LogP contribution in [0.1, 0.15) is 30.0 Å². The van der Waals surface area contributed by atoms with Gasteiger partial charge in [-0.2, -0.15) is 0 Å². The summed E-state index contributed by atoms with van der Waals surface area (Å²) in [7, 11) is 1.61. The third-order valence-electron chi connectivity index (χ3n) is 5.58. The highest BCUT2D eigenvalue weighted by Gasteiger charge is 2.30. The summed E-state index contributed by atoms with van der Waals surface area (Å²) < 4.78 is 6.17. The lowest BCUT2D eigenvalue weighted by Crippen LogP contribution is -2.51. The lowest BCUT2D eigenvalue weighted by molar-refractivity contribution is -0.140. The first-order valence-corrected chi connectivity index (χ1v) is 12.3. The van der Waals surface area contributed by atoms with Gasteiger partial charge in [0.1, 0.15) is 11.8 Å². The lowest BCUT2D eigenvalue weighted by Gasteiger charge is -2.31. The summed E-state index contributed by atoms with van der Waals surface area (Å²) >= 11 is 3.52. The maximum atomic E-state index is 13.7. The van der Waals surface area contributed by atoms with Gasteiger partial charge in [0.05, 0.1) is 13.5 Å². The zero-order valence-corrected chi connectivity index (χ0v) is 21.3. The lowest BCUT2D eigenvalue weighted by atomic mass is 10.0. The molecule has 2 amide bonds. The normalized spacial score (nSPS) is 11.5. The molecule has 0 aliphatic carbocycles. The molecule has 3 rings (SSSR count). The molecule has 1 atom stereocenters. The van der Waals surface area contributed by atoms with Crippen LogP contribution in [0.15, 0.2) is 83.3 Å². The van der Waals surface area contributed by atoms with E-state index >= 15 is 0 Å². The van der Waals surface area contributed by atoms with Crippen molar-refractivity contribution in [1.29, 1.82) is 0 Å². The monoisotopic (exact) mass is 522 g/mol. The number of rotatable bonds is 11. The van der Waals surface area contributed by atoms with Crippen LogP contribution < -0.4 is 10.1 Å². The zero-order valence-electron chi connectivity index (χ0n) is 19.7. The predicted molar refractivity (Wildman–Crippen MR) is 139 cm³/mol. The van der Waals surface area contributed by atoms with Crippen LogP contribution in [0.3, 0.4) is 0 Å². The molecule has 0 bridgehead atoms. The number of nitrogens with zero attached hydrogens (tertiary/aromatic N) is 1. The summed E-state index contributed by atoms with van der Waals surface area (Å²) in [6.07, 6.45) is 1.47. The second-order valence-corrected chi connectivity index (χ2v) is 9.09. The smallest absolute Gasteiger partial charge is 0.243 e. The number of benzene rings is 3. The summed E-state index contributed by atoms with van der Waals surface area (Å²) in [6.45, 7) is 2.92. The molecule has 0 aliphatic heterocycles. The Morgan fingerprint density at radius 2 is 1.65 bits per heavy atom. The Bertz CT molecular complexity index is 1070. The van der Waals surface area contributed by atoms with Crippen LogP contribution in [0.25, 0.3) is 0 Å². The number of amides is 2. The number of carbonyl (C=O) groups excluding carboxylic acids is 2. The van der Waals surface area contributed by atoms with Crippen molar-refractivity contribution in [2.45, 2.75) is 38.8 Å². The van der Waals surface area contributed by atoms with E-state index in [0.717, 1.165) is 33.3 Å². The van der Waals surface area contributed by atoms with E-state index in [9.17, 15) is 9.59 Å². The van der Waals surface area contributed by atoms with Crippen molar-refractivity contribution in [3.05, 3.63) is 100 Å². The van der Waals surface area contributed by atoms with Gasteiger partial charge in [-0.1, -0.05) is 77.5 Å². The molecule has 5 nitrogen and oxygen atoms in total. The Labute approximate surface area is 210 Å². The topological polar surface area (TPSA) is 58.6 Å². The highest BCUT2D eigenvalue weighted by atomic mass is 79.9. The number of methoxy groups -OCH3 is 1. The molecule has 0 spiro atoms. The molecular weight excluding hydrogens is 492 g/mol. The fraction of sp³-hybridized carbons (Fsp3) is 0.286. The third-order valence-corrected chi connectivity index (χ3v) is 6.07. The summed E-state index contributed by atoms with van der Waals surface area (Å²) in [5.74, 6) is 0.504. The molecule has 178 valence electrons. The summed E-state index contributed by atoms with van der Waals surface area (Å²) in [6, 6.07) is 24.5. The first-order chi connectivity index (χ1) is 16.5. The number of hydrogen-bond acceptors (Lipinski definition) is 3. The quantitative estimate of drug-likeness (QED) is 0.378. The molecule has 0 saturated carbocycles. The minimum atomic E-state index is -0.626. The van der Waals surface area contributed by atoms with Gasteiger partial charge in [-0.15, -0.1) is 0 Å². The van der Waals surface area contributed by atoms with E-state index in [4.69, 9.17) is 4.74 Å². The second-order valence-electron chi connectivity index (χ2n) is 8.17. The van der Waals surface area contributed by atoms with Gasteiger partial charge in [0, 0.05) is 24.0 Å². The van der Waals surface area contributed by atoms with Crippen LogP contribution in [0.2, 0.25) is 0 Å². The molecule has 0 aromatic heterocycles. The standard InChI is InChI=1S/C28H31BrN2O3/c1-3-16-30-28(33)26(18-21-8-5-4-6-9-21)31(20-23-10-7-11-24(29)17-23)27(32)19-22-12-14-25(34-2)15-13-22/h4-15,17,26H,3,16,18-20H2,1-2H3,(H,30,33)/t26-/m1/s1. The highest BCUT2D eigenvalue weighted by molar-refractivity contribution is 9.10. The van der Waals surface area contributed by atoms with Gasteiger partial charge in [-0.3, -0.25) is 9.59 Å². The van der Waals surface area contributed by atoms with Crippen molar-refractivity contribution in [3.8, 4) is 5.75 Å². The van der Waals surface area contributed by atoms with E-state index in [1.165, 1.54) is 0 Å². The van der Waals surface area contributed by atoms with Crippen LogP contribution >= 0.6 is 15.9 Å². The Kier molecular flexibility index (Phi) is 9.71. The van der Waals surface area contributed by atoms with E-state index in [0.29, 0.717) is 19.5 Å². The highest BCUT2D eigenvalue weighted by Crippen LogP contribution is 2.20. The van der Waals surface area contributed by atoms with Crippen molar-refractivity contribution in [2.75, 3.05) is 13.7 Å². The van der Waals surface area contributed by atoms with Crippen LogP contribution in [-0.4, -0.2) is 36.4 Å². The summed E-state index contributed by atoms with van der Waals surface area (Å²) in [5.41, 5.74) is 2.84. The minimum absolute atomic E-state index is 0.0993. The van der Waals surface area contributed by atoms with Gasteiger partial charge < -0.3 is 15.0 Å². The van der Waals surface area contributed by atoms with E-state index in [1.54, 1.807) is 12.0 Å². The minimum Gasteiger partial charge on any atom is -0.497 e. The van der Waals surface area contributed by atoms with E-state index in [2.05, 4.69) is 21.2 Å². The summed E-state index contributed by atoms with van der Waals surface area (Å²) in [4.78, 5) is 28.7. The predicted octanol–water partition coefficient (Wildman–Crippen LogP) is 5.17. The number of nitrogens with one attached hydrogen (secondary N) is 1. The number of hydrogen-bond donors (Lipinski definition) is 1. The summed E-state index contributed by atoms with van der Waals surface area (Å²) in [5, 5.41) is 3.01. The van der Waals surface area contributed by atoms with Crippen molar-refractivity contribution in [1.82, 2.24) is 10.2 Å². The number of halogens is 1. The third kappa shape index (κ3) is 7.45. The SMILES string of the molecule is CCCNC(=O)[C@@H](Cc1ccccc1)N(Cc1cccc(Br)c1)C(=O)Cc1ccc(OC)cc1.